The van der Waals surface area contributed by atoms with E-state index in [2.05, 4.69) is 37.4 Å². The van der Waals surface area contributed by atoms with Gasteiger partial charge in [-0.05, 0) is 63.6 Å². The van der Waals surface area contributed by atoms with Gasteiger partial charge in [0, 0.05) is 49.3 Å². The lowest BCUT2D eigenvalue weighted by atomic mass is 9.77. The number of hydrogen-bond acceptors (Lipinski definition) is 9. The topological polar surface area (TPSA) is 129 Å². The van der Waals surface area contributed by atoms with Gasteiger partial charge in [-0.3, -0.25) is 4.79 Å². The minimum Gasteiger partial charge on any atom is -0.497 e. The van der Waals surface area contributed by atoms with E-state index in [1.54, 1.807) is 20.5 Å². The highest BCUT2D eigenvalue weighted by molar-refractivity contribution is 5.87. The average molecular weight is 580 g/mol. The fourth-order valence-corrected chi connectivity index (χ4v) is 6.87. The van der Waals surface area contributed by atoms with Gasteiger partial charge < -0.3 is 39.3 Å². The van der Waals surface area contributed by atoms with Gasteiger partial charge in [-0.15, -0.1) is 0 Å². The van der Waals surface area contributed by atoms with Gasteiger partial charge in [0.15, 0.2) is 5.79 Å². The van der Waals surface area contributed by atoms with Gasteiger partial charge in [0.2, 0.25) is 0 Å². The molecule has 3 aliphatic rings. The molecular weight excluding hydrogens is 538 g/mol. The van der Waals surface area contributed by atoms with Crippen LogP contribution in [0.4, 0.5) is 5.82 Å². The number of benzene rings is 1. The van der Waals surface area contributed by atoms with E-state index in [9.17, 15) is 4.79 Å². The monoisotopic (exact) mass is 579 g/mol. The van der Waals surface area contributed by atoms with Crippen molar-refractivity contribution in [3.63, 3.8) is 0 Å². The van der Waals surface area contributed by atoms with Crippen LogP contribution in [-0.2, 0) is 20.8 Å². The van der Waals surface area contributed by atoms with Crippen LogP contribution in [0.3, 0.4) is 0 Å². The van der Waals surface area contributed by atoms with E-state index in [1.165, 1.54) is 0 Å². The van der Waals surface area contributed by atoms with Crippen molar-refractivity contribution >= 4 is 22.8 Å². The summed E-state index contributed by atoms with van der Waals surface area (Å²) in [6.45, 7) is 5.35. The third kappa shape index (κ3) is 5.77. The van der Waals surface area contributed by atoms with Crippen LogP contribution in [0.25, 0.3) is 11.0 Å². The molecule has 4 atom stereocenters. The van der Waals surface area contributed by atoms with E-state index < -0.39 is 11.8 Å². The molecule has 0 radical (unpaired) electrons. The first-order valence-electron chi connectivity index (χ1n) is 14.8. The van der Waals surface area contributed by atoms with Crippen molar-refractivity contribution in [2.45, 2.75) is 82.6 Å². The molecule has 6 rings (SSSR count). The Kier molecular flexibility index (Phi) is 7.99. The Morgan fingerprint density at radius 2 is 1.93 bits per heavy atom. The zero-order chi connectivity index (χ0) is 29.4. The van der Waals surface area contributed by atoms with Gasteiger partial charge in [-0.2, -0.15) is 0 Å². The van der Waals surface area contributed by atoms with E-state index in [4.69, 9.17) is 24.1 Å². The standard InChI is InChI=1S/C31H41N5O6/c1-31(2)41-27-20(16-32-21-11-18(12-21)5-8-26(37)38)13-24(28(27)42-31)36-10-9-23-29(34-17-35-30(23)36)33-15-19-6-7-22(39-3)14-25(19)40-4/h6-7,9-10,14,17-18,20-21,24,27-28,32H,5,8,11-13,15-16H2,1-4H3,(H,37,38)(H,33,34,35)/t18?,20-,21?,24-,27-,28+/m1/s1. The summed E-state index contributed by atoms with van der Waals surface area (Å²) in [4.78, 5) is 20.1. The maximum atomic E-state index is 10.9. The fourth-order valence-electron chi connectivity index (χ4n) is 6.87. The highest BCUT2D eigenvalue weighted by Gasteiger charge is 2.54. The first-order valence-corrected chi connectivity index (χ1v) is 14.8. The first-order chi connectivity index (χ1) is 20.2. The number of rotatable bonds is 12. The Balaban J connectivity index is 1.15. The number of fused-ring (bicyclic) bond motifs is 2. The number of anilines is 1. The number of aromatic nitrogens is 3. The molecule has 3 heterocycles. The molecule has 2 aliphatic carbocycles. The van der Waals surface area contributed by atoms with E-state index in [0.29, 0.717) is 24.4 Å². The first kappa shape index (κ1) is 28.7. The minimum atomic E-state index is -0.710. The number of methoxy groups -OCH3 is 2. The molecule has 2 saturated carbocycles. The van der Waals surface area contributed by atoms with Crippen molar-refractivity contribution < 1.29 is 28.8 Å². The Hall–Kier alpha value is -3.41. The van der Waals surface area contributed by atoms with Crippen LogP contribution in [0.2, 0.25) is 0 Å². The second-order valence-electron chi connectivity index (χ2n) is 12.2. The lowest BCUT2D eigenvalue weighted by Gasteiger charge is -2.37. The molecule has 1 saturated heterocycles. The molecule has 226 valence electrons. The van der Waals surface area contributed by atoms with E-state index >= 15 is 0 Å². The summed E-state index contributed by atoms with van der Waals surface area (Å²) in [5.74, 6) is 1.70. The number of ether oxygens (including phenoxy) is 4. The Morgan fingerprint density at radius 3 is 2.69 bits per heavy atom. The van der Waals surface area contributed by atoms with E-state index in [0.717, 1.165) is 66.1 Å². The summed E-state index contributed by atoms with van der Waals surface area (Å²) in [5, 5.41) is 17.1. The number of nitrogens with zero attached hydrogens (tertiary/aromatic N) is 3. The van der Waals surface area contributed by atoms with Gasteiger partial charge >= 0.3 is 5.97 Å². The highest BCUT2D eigenvalue weighted by atomic mass is 16.8. The molecule has 1 aromatic carbocycles. The van der Waals surface area contributed by atoms with Crippen LogP contribution in [0, 0.1) is 11.8 Å². The summed E-state index contributed by atoms with van der Waals surface area (Å²) in [6, 6.07) is 8.36. The Morgan fingerprint density at radius 1 is 1.12 bits per heavy atom. The quantitative estimate of drug-likeness (QED) is 0.284. The summed E-state index contributed by atoms with van der Waals surface area (Å²) in [6.07, 6.45) is 7.61. The van der Waals surface area contributed by atoms with Crippen molar-refractivity contribution in [2.24, 2.45) is 11.8 Å². The minimum absolute atomic E-state index is 0.0141. The molecule has 0 bridgehead atoms. The van der Waals surface area contributed by atoms with Crippen molar-refractivity contribution in [3.05, 3.63) is 42.4 Å². The van der Waals surface area contributed by atoms with Crippen LogP contribution in [0.1, 0.15) is 57.6 Å². The lowest BCUT2D eigenvalue weighted by molar-refractivity contribution is -0.160. The molecule has 3 aromatic rings. The lowest BCUT2D eigenvalue weighted by Crippen LogP contribution is -2.44. The van der Waals surface area contributed by atoms with E-state index in [-0.39, 0.29) is 24.7 Å². The molecule has 3 fully saturated rings. The maximum absolute atomic E-state index is 10.9. The number of carbonyl (C=O) groups is 1. The van der Waals surface area contributed by atoms with Gasteiger partial charge in [0.1, 0.15) is 35.4 Å². The van der Waals surface area contributed by atoms with Gasteiger partial charge in [-0.25, -0.2) is 9.97 Å². The summed E-state index contributed by atoms with van der Waals surface area (Å²) in [7, 11) is 3.29. The Bertz CT molecular complexity index is 1420. The van der Waals surface area contributed by atoms with Crippen molar-refractivity contribution in [1.82, 2.24) is 19.9 Å². The number of carboxylic acids is 1. The largest absolute Gasteiger partial charge is 0.497 e. The molecule has 3 N–H and O–H groups in total. The molecule has 11 nitrogen and oxygen atoms in total. The molecule has 1 aliphatic heterocycles. The maximum Gasteiger partial charge on any atom is 0.303 e. The van der Waals surface area contributed by atoms with Gasteiger partial charge in [-0.1, -0.05) is 0 Å². The van der Waals surface area contributed by atoms with Crippen LogP contribution in [0.15, 0.2) is 36.8 Å². The molecule has 0 spiro atoms. The summed E-state index contributed by atoms with van der Waals surface area (Å²) in [5.41, 5.74) is 1.86. The summed E-state index contributed by atoms with van der Waals surface area (Å²) < 4.78 is 26.0. The SMILES string of the molecule is COc1ccc(CNc2ncnc3c2ccn3[C@@H]2C[C@H](CNC3CC(CCC(=O)O)C3)[C@H]3OC(C)(C)O[C@H]32)c(OC)c1. The van der Waals surface area contributed by atoms with Crippen molar-refractivity contribution in [3.8, 4) is 11.5 Å². The predicted molar refractivity (Wildman–Crippen MR) is 157 cm³/mol. The fraction of sp³-hybridized carbons (Fsp3) is 0.581. The number of hydrogen-bond donors (Lipinski definition) is 3. The van der Waals surface area contributed by atoms with E-state index in [1.807, 2.05) is 32.0 Å². The Labute approximate surface area is 245 Å². The van der Waals surface area contributed by atoms with Gasteiger partial charge in [0.05, 0.1) is 31.8 Å². The predicted octanol–water partition coefficient (Wildman–Crippen LogP) is 4.37. The number of nitrogens with one attached hydrogen (secondary N) is 2. The molecule has 42 heavy (non-hydrogen) atoms. The van der Waals surface area contributed by atoms with Crippen molar-refractivity contribution in [1.29, 1.82) is 0 Å². The molecular formula is C31H41N5O6. The second kappa shape index (κ2) is 11.7. The van der Waals surface area contributed by atoms with Gasteiger partial charge in [0.25, 0.3) is 0 Å². The normalized spacial score (nSPS) is 27.9. The highest BCUT2D eigenvalue weighted by Crippen LogP contribution is 2.48. The smallest absolute Gasteiger partial charge is 0.303 e. The second-order valence-corrected chi connectivity index (χ2v) is 12.2. The molecule has 2 aromatic heterocycles. The summed E-state index contributed by atoms with van der Waals surface area (Å²) >= 11 is 0. The zero-order valence-corrected chi connectivity index (χ0v) is 24.7. The van der Waals surface area contributed by atoms with Crippen LogP contribution in [-0.4, -0.2) is 70.4 Å². The number of aliphatic carboxylic acids is 1. The van der Waals surface area contributed by atoms with Crippen LogP contribution < -0.4 is 20.1 Å². The van der Waals surface area contributed by atoms with Crippen LogP contribution in [0.5, 0.6) is 11.5 Å². The van der Waals surface area contributed by atoms with Crippen LogP contribution >= 0.6 is 0 Å². The third-order valence-electron chi connectivity index (χ3n) is 9.03. The molecule has 0 amide bonds. The zero-order valence-electron chi connectivity index (χ0n) is 24.7. The van der Waals surface area contributed by atoms with Crippen molar-refractivity contribution in [2.75, 3.05) is 26.1 Å². The third-order valence-corrected chi connectivity index (χ3v) is 9.03. The molecule has 11 heteroatoms. The molecule has 0 unspecified atom stereocenters. The average Bonchev–Trinajstić information content (AvgIpc) is 3.61. The number of carboxylic acid groups (broad SMARTS) is 1.